The first-order valence-corrected chi connectivity index (χ1v) is 9.37. The Kier molecular flexibility index (Phi) is 6.33. The number of hydrogen-bond acceptors (Lipinski definition) is 4. The molecule has 1 saturated carbocycles. The van der Waals surface area contributed by atoms with Gasteiger partial charge in [0.05, 0.1) is 11.3 Å². The highest BCUT2D eigenvalue weighted by Crippen LogP contribution is 2.24. The van der Waals surface area contributed by atoms with E-state index in [1.165, 1.54) is 12.6 Å². The van der Waals surface area contributed by atoms with Crippen LogP contribution in [0.5, 0.6) is 0 Å². The fourth-order valence-electron chi connectivity index (χ4n) is 2.70. The molecule has 1 aliphatic carbocycles. The van der Waals surface area contributed by atoms with Crippen LogP contribution >= 0.6 is 0 Å². The van der Waals surface area contributed by atoms with Gasteiger partial charge in [-0.05, 0) is 30.9 Å². The number of nitrogens with zero attached hydrogens (tertiary/aromatic N) is 1. The van der Waals surface area contributed by atoms with Gasteiger partial charge >= 0.3 is 0 Å². The van der Waals surface area contributed by atoms with Gasteiger partial charge in [0, 0.05) is 25.5 Å². The van der Waals surface area contributed by atoms with E-state index in [-0.39, 0.29) is 30.7 Å². The van der Waals surface area contributed by atoms with E-state index in [2.05, 4.69) is 15.0 Å². The fraction of sp³-hybridized carbons (Fsp3) is 0.600. The van der Waals surface area contributed by atoms with Crippen LogP contribution in [0, 0.1) is 5.92 Å². The minimum absolute atomic E-state index is 0.198. The number of sulfonamides is 1. The van der Waals surface area contributed by atoms with E-state index in [4.69, 9.17) is 0 Å². The number of carbonyl (C=O) groups excluding carboxylic acids is 1. The molecule has 0 bridgehead atoms. The Morgan fingerprint density at radius 1 is 1.23 bits per heavy atom. The highest BCUT2D eigenvalue weighted by molar-refractivity contribution is 7.89. The minimum Gasteiger partial charge on any atom is -0.351 e. The molecule has 0 aliphatic heterocycles. The summed E-state index contributed by atoms with van der Waals surface area (Å²) < 4.78 is 26.5. The lowest BCUT2D eigenvalue weighted by Crippen LogP contribution is -2.37. The molecule has 0 aromatic carbocycles. The fourth-order valence-corrected chi connectivity index (χ4v) is 4.19. The maximum atomic E-state index is 12.0. The molecule has 7 heteroatoms. The number of nitrogens with one attached hydrogen (secondary N) is 2. The van der Waals surface area contributed by atoms with Gasteiger partial charge in [-0.2, -0.15) is 0 Å². The summed E-state index contributed by atoms with van der Waals surface area (Å²) in [5.74, 6) is 0.222. The summed E-state index contributed by atoms with van der Waals surface area (Å²) in [5.41, 5.74) is 0.465. The third-order valence-electron chi connectivity index (χ3n) is 3.84. The molecule has 0 radical (unpaired) electrons. The first-order chi connectivity index (χ1) is 10.6. The van der Waals surface area contributed by atoms with Crippen molar-refractivity contribution < 1.29 is 13.2 Å². The molecule has 122 valence electrons. The first-order valence-electron chi connectivity index (χ1n) is 7.72. The van der Waals surface area contributed by atoms with Crippen molar-refractivity contribution >= 4 is 15.9 Å². The van der Waals surface area contributed by atoms with Crippen molar-refractivity contribution in [2.75, 3.05) is 18.8 Å². The van der Waals surface area contributed by atoms with Gasteiger partial charge < -0.3 is 5.32 Å². The minimum atomic E-state index is -3.26. The van der Waals surface area contributed by atoms with Crippen molar-refractivity contribution in [3.63, 3.8) is 0 Å². The summed E-state index contributed by atoms with van der Waals surface area (Å²) in [7, 11) is -3.26. The van der Waals surface area contributed by atoms with Crippen molar-refractivity contribution in [1.29, 1.82) is 0 Å². The van der Waals surface area contributed by atoms with Crippen molar-refractivity contribution in [1.82, 2.24) is 15.0 Å². The van der Waals surface area contributed by atoms with E-state index in [0.717, 1.165) is 25.7 Å². The Balaban J connectivity index is 1.68. The zero-order valence-electron chi connectivity index (χ0n) is 12.6. The molecule has 0 saturated heterocycles. The highest BCUT2D eigenvalue weighted by Gasteiger charge is 2.20. The lowest BCUT2D eigenvalue weighted by molar-refractivity contribution is 0.0954. The summed E-state index contributed by atoms with van der Waals surface area (Å²) in [6.07, 6.45) is 8.53. The Morgan fingerprint density at radius 2 is 2.00 bits per heavy atom. The summed E-state index contributed by atoms with van der Waals surface area (Å²) >= 11 is 0. The topological polar surface area (TPSA) is 88.2 Å². The normalized spacial score (nSPS) is 16.4. The maximum absolute atomic E-state index is 12.0. The average molecular weight is 325 g/mol. The maximum Gasteiger partial charge on any atom is 0.252 e. The van der Waals surface area contributed by atoms with Crippen LogP contribution in [0.2, 0.25) is 0 Å². The van der Waals surface area contributed by atoms with E-state index in [1.54, 1.807) is 18.3 Å². The highest BCUT2D eigenvalue weighted by atomic mass is 32.2. The van der Waals surface area contributed by atoms with Gasteiger partial charge in [0.25, 0.3) is 5.91 Å². The lowest BCUT2D eigenvalue weighted by atomic mass is 9.91. The second kappa shape index (κ2) is 8.24. The first kappa shape index (κ1) is 16.9. The van der Waals surface area contributed by atoms with Crippen LogP contribution in [0.3, 0.4) is 0 Å². The third kappa shape index (κ3) is 5.73. The summed E-state index contributed by atoms with van der Waals surface area (Å²) in [6.45, 7) is 0.471. The molecular formula is C15H23N3O3S. The molecule has 1 aromatic heterocycles. The number of aromatic nitrogens is 1. The largest absolute Gasteiger partial charge is 0.351 e. The number of rotatable bonds is 7. The van der Waals surface area contributed by atoms with E-state index in [0.29, 0.717) is 5.56 Å². The molecule has 0 atom stereocenters. The lowest BCUT2D eigenvalue weighted by Gasteiger charge is -2.21. The van der Waals surface area contributed by atoms with Crippen molar-refractivity contribution in [2.45, 2.75) is 32.1 Å². The average Bonchev–Trinajstić information content (AvgIpc) is 2.53. The van der Waals surface area contributed by atoms with Crippen LogP contribution < -0.4 is 10.0 Å². The molecule has 1 fully saturated rings. The summed E-state index contributed by atoms with van der Waals surface area (Å²) in [4.78, 5) is 15.6. The Morgan fingerprint density at radius 3 is 2.68 bits per heavy atom. The molecule has 2 N–H and O–H groups in total. The quantitative estimate of drug-likeness (QED) is 0.740. The van der Waals surface area contributed by atoms with Gasteiger partial charge in [0.15, 0.2) is 0 Å². The monoisotopic (exact) mass is 325 g/mol. The molecule has 0 spiro atoms. The van der Waals surface area contributed by atoms with Crippen molar-refractivity contribution in [3.8, 4) is 0 Å². The van der Waals surface area contributed by atoms with Crippen LogP contribution in [0.25, 0.3) is 0 Å². The van der Waals surface area contributed by atoms with Gasteiger partial charge in [-0.3, -0.25) is 9.78 Å². The van der Waals surface area contributed by atoms with Crippen molar-refractivity contribution in [2.24, 2.45) is 5.92 Å². The number of pyridine rings is 1. The van der Waals surface area contributed by atoms with Gasteiger partial charge in [-0.1, -0.05) is 19.3 Å². The van der Waals surface area contributed by atoms with Crippen LogP contribution in [-0.2, 0) is 10.0 Å². The number of amides is 1. The molecular weight excluding hydrogens is 302 g/mol. The molecule has 22 heavy (non-hydrogen) atoms. The molecule has 1 amide bonds. The molecule has 2 rings (SSSR count). The predicted molar refractivity (Wildman–Crippen MR) is 84.9 cm³/mol. The number of hydrogen-bond donors (Lipinski definition) is 2. The third-order valence-corrected chi connectivity index (χ3v) is 5.39. The summed E-state index contributed by atoms with van der Waals surface area (Å²) in [6, 6.07) is 3.34. The Bertz CT molecular complexity index is 569. The van der Waals surface area contributed by atoms with E-state index >= 15 is 0 Å². The SMILES string of the molecule is O=C(NCCNS(=O)(=O)CC1CCCCC1)c1cccnc1. The molecule has 6 nitrogen and oxygen atoms in total. The van der Waals surface area contributed by atoms with Gasteiger partial charge in [-0.15, -0.1) is 0 Å². The Hall–Kier alpha value is -1.47. The zero-order valence-corrected chi connectivity index (χ0v) is 13.4. The number of carbonyl (C=O) groups is 1. The summed E-state index contributed by atoms with van der Waals surface area (Å²) in [5, 5.41) is 2.67. The molecule has 1 aliphatic rings. The van der Waals surface area contributed by atoms with E-state index < -0.39 is 10.0 Å². The van der Waals surface area contributed by atoms with Crippen LogP contribution in [0.15, 0.2) is 24.5 Å². The second-order valence-electron chi connectivity index (χ2n) is 5.68. The van der Waals surface area contributed by atoms with Crippen LogP contribution in [0.1, 0.15) is 42.5 Å². The van der Waals surface area contributed by atoms with Crippen LogP contribution in [-0.4, -0.2) is 38.2 Å². The zero-order chi connectivity index (χ0) is 15.8. The smallest absolute Gasteiger partial charge is 0.252 e. The van der Waals surface area contributed by atoms with Crippen LogP contribution in [0.4, 0.5) is 0 Å². The van der Waals surface area contributed by atoms with Gasteiger partial charge in [-0.25, -0.2) is 13.1 Å². The molecule has 1 heterocycles. The van der Waals surface area contributed by atoms with E-state index in [1.807, 2.05) is 0 Å². The van der Waals surface area contributed by atoms with Gasteiger partial charge in [0.2, 0.25) is 10.0 Å². The van der Waals surface area contributed by atoms with E-state index in [9.17, 15) is 13.2 Å². The van der Waals surface area contributed by atoms with Gasteiger partial charge in [0.1, 0.15) is 0 Å². The Labute approximate surface area is 131 Å². The second-order valence-corrected chi connectivity index (χ2v) is 7.53. The van der Waals surface area contributed by atoms with Crippen molar-refractivity contribution in [3.05, 3.63) is 30.1 Å². The predicted octanol–water partition coefficient (Wildman–Crippen LogP) is 1.31. The standard InChI is InChI=1S/C15H23N3O3S/c19-15(14-7-4-8-16-11-14)17-9-10-18-22(20,21)12-13-5-2-1-3-6-13/h4,7-8,11,13,18H,1-3,5-6,9-10,12H2,(H,17,19). The molecule has 1 aromatic rings. The molecule has 0 unspecified atom stereocenters.